The Bertz CT molecular complexity index is 433. The van der Waals surface area contributed by atoms with Gasteiger partial charge in [-0.2, -0.15) is 0 Å². The van der Waals surface area contributed by atoms with Crippen LogP contribution in [0.5, 0.6) is 0 Å². The number of rotatable bonds is 2. The first kappa shape index (κ1) is 14.1. The second-order valence-electron chi connectivity index (χ2n) is 6.27. The summed E-state index contributed by atoms with van der Waals surface area (Å²) in [5.74, 6) is -0.372. The number of carbonyl (C=O) groups excluding carboxylic acids is 1. The van der Waals surface area contributed by atoms with Crippen LogP contribution in [-0.4, -0.2) is 18.4 Å². The van der Waals surface area contributed by atoms with Crippen molar-refractivity contribution in [2.75, 3.05) is 0 Å². The standard InChI is InChI=1S/C16H22O3/c1-11-13(10-12-8-6-5-7-9-12)14(17)19-15(18-11)16(2,3)4/h5-9,11,13,15H,10H2,1-4H3/t11-,13-,15-/m0/s1. The van der Waals surface area contributed by atoms with Gasteiger partial charge in [0.15, 0.2) is 0 Å². The van der Waals surface area contributed by atoms with Gasteiger partial charge in [-0.25, -0.2) is 0 Å². The highest BCUT2D eigenvalue weighted by Gasteiger charge is 2.41. The third kappa shape index (κ3) is 3.35. The van der Waals surface area contributed by atoms with Crippen LogP contribution in [0.4, 0.5) is 0 Å². The fourth-order valence-electron chi connectivity index (χ4n) is 2.20. The minimum absolute atomic E-state index is 0.120. The maximum Gasteiger partial charge on any atom is 0.314 e. The molecule has 1 aliphatic heterocycles. The van der Waals surface area contributed by atoms with E-state index in [1.807, 2.05) is 58.0 Å². The van der Waals surface area contributed by atoms with Crippen molar-refractivity contribution in [1.82, 2.24) is 0 Å². The zero-order valence-corrected chi connectivity index (χ0v) is 12.1. The Hall–Kier alpha value is -1.35. The first-order chi connectivity index (χ1) is 8.88. The normalized spacial score (nSPS) is 28.0. The van der Waals surface area contributed by atoms with Gasteiger partial charge in [0, 0.05) is 5.41 Å². The van der Waals surface area contributed by atoms with Crippen LogP contribution in [0.1, 0.15) is 33.3 Å². The van der Waals surface area contributed by atoms with Gasteiger partial charge in [-0.3, -0.25) is 4.79 Å². The van der Waals surface area contributed by atoms with Crippen LogP contribution in [0.3, 0.4) is 0 Å². The second kappa shape index (κ2) is 5.33. The van der Waals surface area contributed by atoms with Gasteiger partial charge in [0.1, 0.15) is 0 Å². The summed E-state index contributed by atoms with van der Waals surface area (Å²) in [6.45, 7) is 7.98. The van der Waals surface area contributed by atoms with E-state index in [1.54, 1.807) is 0 Å². The molecular formula is C16H22O3. The Balaban J connectivity index is 2.06. The SMILES string of the molecule is C[C@@H]1O[C@H](C(C)(C)C)OC(=O)[C@H]1Cc1ccccc1. The fraction of sp³-hybridized carbons (Fsp3) is 0.562. The zero-order valence-electron chi connectivity index (χ0n) is 12.1. The van der Waals surface area contributed by atoms with E-state index in [0.29, 0.717) is 6.42 Å². The molecule has 3 heteroatoms. The van der Waals surface area contributed by atoms with Crippen LogP contribution in [0.15, 0.2) is 30.3 Å². The Labute approximate surface area is 114 Å². The molecule has 0 bridgehead atoms. The highest BCUT2D eigenvalue weighted by Crippen LogP contribution is 2.32. The van der Waals surface area contributed by atoms with Crippen molar-refractivity contribution in [2.45, 2.75) is 46.5 Å². The van der Waals surface area contributed by atoms with E-state index in [9.17, 15) is 4.79 Å². The van der Waals surface area contributed by atoms with Gasteiger partial charge in [0.2, 0.25) is 6.29 Å². The van der Waals surface area contributed by atoms with Gasteiger partial charge in [0.05, 0.1) is 12.0 Å². The predicted octanol–water partition coefficient (Wildman–Crippen LogP) is 3.18. The van der Waals surface area contributed by atoms with Gasteiger partial charge in [-0.1, -0.05) is 51.1 Å². The second-order valence-corrected chi connectivity index (χ2v) is 6.27. The smallest absolute Gasteiger partial charge is 0.314 e. The lowest BCUT2D eigenvalue weighted by molar-refractivity contribution is -0.253. The van der Waals surface area contributed by atoms with Crippen LogP contribution in [0.2, 0.25) is 0 Å². The third-order valence-electron chi connectivity index (χ3n) is 3.44. The van der Waals surface area contributed by atoms with E-state index in [-0.39, 0.29) is 23.4 Å². The first-order valence-electron chi connectivity index (χ1n) is 6.78. The molecule has 3 nitrogen and oxygen atoms in total. The van der Waals surface area contributed by atoms with Gasteiger partial charge in [-0.05, 0) is 18.9 Å². The summed E-state index contributed by atoms with van der Waals surface area (Å²) in [6, 6.07) is 9.98. The topological polar surface area (TPSA) is 35.5 Å². The maximum atomic E-state index is 12.2. The average Bonchev–Trinajstić information content (AvgIpc) is 2.33. The molecule has 0 unspecified atom stereocenters. The molecule has 1 heterocycles. The maximum absolute atomic E-state index is 12.2. The molecule has 19 heavy (non-hydrogen) atoms. The quantitative estimate of drug-likeness (QED) is 0.768. The number of ether oxygens (including phenoxy) is 2. The molecule has 104 valence electrons. The van der Waals surface area contributed by atoms with E-state index in [4.69, 9.17) is 9.47 Å². The molecule has 0 radical (unpaired) electrons. The molecule has 0 spiro atoms. The van der Waals surface area contributed by atoms with Crippen molar-refractivity contribution in [2.24, 2.45) is 11.3 Å². The Morgan fingerprint density at radius 3 is 2.32 bits per heavy atom. The third-order valence-corrected chi connectivity index (χ3v) is 3.44. The van der Waals surface area contributed by atoms with Gasteiger partial charge < -0.3 is 9.47 Å². The predicted molar refractivity (Wildman–Crippen MR) is 73.5 cm³/mol. The lowest BCUT2D eigenvalue weighted by atomic mass is 9.91. The summed E-state index contributed by atoms with van der Waals surface area (Å²) in [5, 5.41) is 0. The summed E-state index contributed by atoms with van der Waals surface area (Å²) in [7, 11) is 0. The lowest BCUT2D eigenvalue weighted by Gasteiger charge is -2.39. The summed E-state index contributed by atoms with van der Waals surface area (Å²) in [4.78, 5) is 12.2. The van der Waals surface area contributed by atoms with Gasteiger partial charge in [-0.15, -0.1) is 0 Å². The van der Waals surface area contributed by atoms with Crippen molar-refractivity contribution < 1.29 is 14.3 Å². The van der Waals surface area contributed by atoms with Crippen LogP contribution < -0.4 is 0 Å². The first-order valence-corrected chi connectivity index (χ1v) is 6.78. The average molecular weight is 262 g/mol. The van der Waals surface area contributed by atoms with E-state index in [2.05, 4.69) is 0 Å². The molecule has 0 amide bonds. The van der Waals surface area contributed by atoms with E-state index >= 15 is 0 Å². The molecule has 3 atom stereocenters. The molecule has 0 aromatic heterocycles. The molecule has 2 rings (SSSR count). The van der Waals surface area contributed by atoms with E-state index in [1.165, 1.54) is 0 Å². The van der Waals surface area contributed by atoms with Crippen molar-refractivity contribution in [1.29, 1.82) is 0 Å². The molecule has 1 aliphatic rings. The van der Waals surface area contributed by atoms with Crippen molar-refractivity contribution in [3.05, 3.63) is 35.9 Å². The highest BCUT2D eigenvalue weighted by atomic mass is 16.7. The van der Waals surface area contributed by atoms with Crippen LogP contribution >= 0.6 is 0 Å². The van der Waals surface area contributed by atoms with Gasteiger partial charge in [0.25, 0.3) is 0 Å². The lowest BCUT2D eigenvalue weighted by Crippen LogP contribution is -2.48. The molecule has 0 aliphatic carbocycles. The van der Waals surface area contributed by atoms with Crippen molar-refractivity contribution >= 4 is 5.97 Å². The van der Waals surface area contributed by atoms with Crippen LogP contribution in [0, 0.1) is 11.3 Å². The minimum atomic E-state index is -0.456. The number of esters is 1. The number of hydrogen-bond donors (Lipinski definition) is 0. The summed E-state index contributed by atoms with van der Waals surface area (Å²) in [6.07, 6.45) is 0.0882. The Morgan fingerprint density at radius 1 is 1.16 bits per heavy atom. The summed E-state index contributed by atoms with van der Waals surface area (Å²) < 4.78 is 11.3. The van der Waals surface area contributed by atoms with E-state index in [0.717, 1.165) is 5.56 Å². The Kier molecular flexibility index (Phi) is 3.95. The number of carbonyl (C=O) groups is 1. The van der Waals surface area contributed by atoms with Gasteiger partial charge >= 0.3 is 5.97 Å². The molecule has 1 aromatic carbocycles. The summed E-state index contributed by atoms with van der Waals surface area (Å²) >= 11 is 0. The van der Waals surface area contributed by atoms with Crippen LogP contribution in [-0.2, 0) is 20.7 Å². The Morgan fingerprint density at radius 2 is 1.79 bits per heavy atom. The number of hydrogen-bond acceptors (Lipinski definition) is 3. The highest BCUT2D eigenvalue weighted by molar-refractivity contribution is 5.74. The van der Waals surface area contributed by atoms with Crippen LogP contribution in [0.25, 0.3) is 0 Å². The largest absolute Gasteiger partial charge is 0.435 e. The molecule has 0 N–H and O–H groups in total. The van der Waals surface area contributed by atoms with Crippen molar-refractivity contribution in [3.63, 3.8) is 0 Å². The molecule has 1 fully saturated rings. The molecule has 1 aromatic rings. The molecular weight excluding hydrogens is 240 g/mol. The number of benzene rings is 1. The van der Waals surface area contributed by atoms with Crippen molar-refractivity contribution in [3.8, 4) is 0 Å². The minimum Gasteiger partial charge on any atom is -0.435 e. The van der Waals surface area contributed by atoms with E-state index < -0.39 is 6.29 Å². The monoisotopic (exact) mass is 262 g/mol. The zero-order chi connectivity index (χ0) is 14.0. The summed E-state index contributed by atoms with van der Waals surface area (Å²) in [5.41, 5.74) is 0.941. The molecule has 0 saturated carbocycles. The fourth-order valence-corrected chi connectivity index (χ4v) is 2.20. The molecule has 1 saturated heterocycles. The number of cyclic esters (lactones) is 1.